The highest BCUT2D eigenvalue weighted by Gasteiger charge is 2.03. The first-order valence-electron chi connectivity index (χ1n) is 6.14. The third-order valence-corrected chi connectivity index (χ3v) is 2.47. The molecule has 0 saturated heterocycles. The van der Waals surface area contributed by atoms with Crippen molar-refractivity contribution < 1.29 is 9.53 Å². The molecule has 0 bridgehead atoms. The zero-order valence-electron chi connectivity index (χ0n) is 11.7. The Bertz CT molecular complexity index is 503. The molecule has 5 nitrogen and oxygen atoms in total. The Morgan fingerprint density at radius 3 is 2.80 bits per heavy atom. The van der Waals surface area contributed by atoms with Gasteiger partial charge in [-0.3, -0.25) is 15.6 Å². The summed E-state index contributed by atoms with van der Waals surface area (Å²) in [7, 11) is 0. The lowest BCUT2D eigenvalue weighted by Crippen LogP contribution is -2.48. The number of carbonyl (C=O) groups is 1. The third-order valence-electron chi connectivity index (χ3n) is 2.23. The van der Waals surface area contributed by atoms with Gasteiger partial charge in [-0.05, 0) is 43.8 Å². The zero-order chi connectivity index (χ0) is 15.0. The van der Waals surface area contributed by atoms with E-state index in [4.69, 9.17) is 17.0 Å². The molecule has 0 heterocycles. The van der Waals surface area contributed by atoms with Crippen LogP contribution in [-0.2, 0) is 4.79 Å². The van der Waals surface area contributed by atoms with E-state index in [9.17, 15) is 4.79 Å². The SMILES string of the molecule is C=C(C)CNC(=S)NNC(=O)COc1cccc(C)c1. The van der Waals surface area contributed by atoms with Gasteiger partial charge in [-0.15, -0.1) is 0 Å². The van der Waals surface area contributed by atoms with Crippen LogP contribution in [0.2, 0.25) is 0 Å². The molecule has 0 aliphatic carbocycles. The lowest BCUT2D eigenvalue weighted by atomic mass is 10.2. The maximum atomic E-state index is 11.5. The van der Waals surface area contributed by atoms with Gasteiger partial charge in [0.25, 0.3) is 5.91 Å². The van der Waals surface area contributed by atoms with Crippen molar-refractivity contribution in [1.82, 2.24) is 16.2 Å². The lowest BCUT2D eigenvalue weighted by Gasteiger charge is -2.12. The molecule has 0 saturated carbocycles. The number of hydrogen-bond acceptors (Lipinski definition) is 3. The van der Waals surface area contributed by atoms with E-state index in [1.54, 1.807) is 6.07 Å². The number of nitrogens with one attached hydrogen (secondary N) is 3. The van der Waals surface area contributed by atoms with Gasteiger partial charge in [-0.2, -0.15) is 0 Å². The molecule has 0 atom stereocenters. The van der Waals surface area contributed by atoms with Crippen LogP contribution < -0.4 is 20.9 Å². The topological polar surface area (TPSA) is 62.4 Å². The Balaban J connectivity index is 2.23. The summed E-state index contributed by atoms with van der Waals surface area (Å²) in [4.78, 5) is 11.5. The first-order valence-corrected chi connectivity index (χ1v) is 6.54. The minimum atomic E-state index is -0.314. The van der Waals surface area contributed by atoms with Crippen LogP contribution in [0.4, 0.5) is 0 Å². The highest BCUT2D eigenvalue weighted by Crippen LogP contribution is 2.11. The molecular weight excluding hydrogens is 274 g/mol. The first kappa shape index (κ1) is 16.0. The second kappa shape index (κ2) is 8.16. The second-order valence-corrected chi connectivity index (χ2v) is 4.83. The van der Waals surface area contributed by atoms with Crippen molar-refractivity contribution in [1.29, 1.82) is 0 Å². The maximum absolute atomic E-state index is 11.5. The molecule has 1 aromatic carbocycles. The number of thiocarbonyl (C=S) groups is 1. The Morgan fingerprint density at radius 2 is 2.15 bits per heavy atom. The van der Waals surface area contributed by atoms with Crippen LogP contribution in [-0.4, -0.2) is 24.2 Å². The van der Waals surface area contributed by atoms with E-state index in [0.717, 1.165) is 11.1 Å². The molecule has 1 amide bonds. The number of hydrogen-bond donors (Lipinski definition) is 3. The van der Waals surface area contributed by atoms with Gasteiger partial charge in [0.2, 0.25) is 0 Å². The van der Waals surface area contributed by atoms with Crippen molar-refractivity contribution in [2.24, 2.45) is 0 Å². The maximum Gasteiger partial charge on any atom is 0.276 e. The molecule has 0 spiro atoms. The van der Waals surface area contributed by atoms with Gasteiger partial charge in [0, 0.05) is 6.54 Å². The smallest absolute Gasteiger partial charge is 0.276 e. The predicted octanol–water partition coefficient (Wildman–Crippen LogP) is 1.45. The van der Waals surface area contributed by atoms with Gasteiger partial charge in [-0.1, -0.05) is 24.3 Å². The van der Waals surface area contributed by atoms with E-state index >= 15 is 0 Å². The van der Waals surface area contributed by atoms with Gasteiger partial charge >= 0.3 is 0 Å². The molecule has 0 aliphatic rings. The molecule has 6 heteroatoms. The average molecular weight is 293 g/mol. The van der Waals surface area contributed by atoms with Crippen LogP contribution in [0.5, 0.6) is 5.75 Å². The van der Waals surface area contributed by atoms with Gasteiger partial charge in [0.15, 0.2) is 11.7 Å². The molecule has 0 aromatic heterocycles. The van der Waals surface area contributed by atoms with E-state index in [1.165, 1.54) is 0 Å². The van der Waals surface area contributed by atoms with E-state index in [-0.39, 0.29) is 12.5 Å². The highest BCUT2D eigenvalue weighted by atomic mass is 32.1. The van der Waals surface area contributed by atoms with E-state index in [0.29, 0.717) is 17.4 Å². The minimum absolute atomic E-state index is 0.0838. The monoisotopic (exact) mass is 293 g/mol. The summed E-state index contributed by atoms with van der Waals surface area (Å²) in [5, 5.41) is 3.21. The molecule has 3 N–H and O–H groups in total. The normalized spacial score (nSPS) is 9.50. The zero-order valence-corrected chi connectivity index (χ0v) is 12.5. The number of hydrazine groups is 1. The molecule has 1 aromatic rings. The Morgan fingerprint density at radius 1 is 1.40 bits per heavy atom. The summed E-state index contributed by atoms with van der Waals surface area (Å²) in [6.07, 6.45) is 0. The van der Waals surface area contributed by atoms with Crippen molar-refractivity contribution >= 4 is 23.2 Å². The van der Waals surface area contributed by atoms with Crippen molar-refractivity contribution in [2.45, 2.75) is 13.8 Å². The number of ether oxygens (including phenoxy) is 1. The number of rotatable bonds is 5. The van der Waals surface area contributed by atoms with Crippen LogP contribution >= 0.6 is 12.2 Å². The molecule has 0 radical (unpaired) electrons. The number of amides is 1. The summed E-state index contributed by atoms with van der Waals surface area (Å²) in [5.74, 6) is 0.342. The quantitative estimate of drug-likeness (QED) is 0.436. The van der Waals surface area contributed by atoms with E-state index in [2.05, 4.69) is 22.7 Å². The fourth-order valence-corrected chi connectivity index (χ4v) is 1.42. The summed E-state index contributed by atoms with van der Waals surface area (Å²) in [6.45, 7) is 8.05. The lowest BCUT2D eigenvalue weighted by molar-refractivity contribution is -0.123. The van der Waals surface area contributed by atoms with Gasteiger partial charge in [0.05, 0.1) is 0 Å². The van der Waals surface area contributed by atoms with Gasteiger partial charge in [0.1, 0.15) is 5.75 Å². The summed E-state index contributed by atoms with van der Waals surface area (Å²) in [6, 6.07) is 7.49. The minimum Gasteiger partial charge on any atom is -0.484 e. The predicted molar refractivity (Wildman–Crippen MR) is 83.4 cm³/mol. The largest absolute Gasteiger partial charge is 0.484 e. The Labute approximate surface area is 124 Å². The van der Waals surface area contributed by atoms with Crippen LogP contribution in [0, 0.1) is 6.92 Å². The van der Waals surface area contributed by atoms with Gasteiger partial charge in [-0.25, -0.2) is 0 Å². The van der Waals surface area contributed by atoms with Crippen LogP contribution in [0.25, 0.3) is 0 Å². The molecule has 0 aliphatic heterocycles. The molecule has 0 unspecified atom stereocenters. The number of aryl methyl sites for hydroxylation is 1. The van der Waals surface area contributed by atoms with Crippen molar-refractivity contribution in [3.63, 3.8) is 0 Å². The van der Waals surface area contributed by atoms with Crippen LogP contribution in [0.1, 0.15) is 12.5 Å². The van der Waals surface area contributed by atoms with Crippen LogP contribution in [0.15, 0.2) is 36.4 Å². The van der Waals surface area contributed by atoms with Crippen molar-refractivity contribution in [2.75, 3.05) is 13.2 Å². The van der Waals surface area contributed by atoms with Gasteiger partial charge < -0.3 is 10.1 Å². The van der Waals surface area contributed by atoms with Crippen molar-refractivity contribution in [3.05, 3.63) is 42.0 Å². The number of carbonyl (C=O) groups excluding carboxylic acids is 1. The highest BCUT2D eigenvalue weighted by molar-refractivity contribution is 7.80. The molecule has 108 valence electrons. The standard InChI is InChI=1S/C14H19N3O2S/c1-10(2)8-15-14(20)17-16-13(18)9-19-12-6-4-5-11(3)7-12/h4-7H,1,8-9H2,2-3H3,(H,16,18)(H2,15,17,20). The second-order valence-electron chi connectivity index (χ2n) is 4.42. The molecule has 20 heavy (non-hydrogen) atoms. The summed E-state index contributed by atoms with van der Waals surface area (Å²) < 4.78 is 5.35. The number of benzene rings is 1. The first-order chi connectivity index (χ1) is 9.47. The van der Waals surface area contributed by atoms with Crippen molar-refractivity contribution in [3.8, 4) is 5.75 Å². The van der Waals surface area contributed by atoms with E-state index < -0.39 is 0 Å². The fraction of sp³-hybridized carbons (Fsp3) is 0.286. The fourth-order valence-electron chi connectivity index (χ4n) is 1.29. The Kier molecular flexibility index (Phi) is 6.52. The summed E-state index contributed by atoms with van der Waals surface area (Å²) in [5.41, 5.74) is 7.05. The molecule has 1 rings (SSSR count). The molecular formula is C14H19N3O2S. The van der Waals surface area contributed by atoms with Crippen LogP contribution in [0.3, 0.4) is 0 Å². The Hall–Kier alpha value is -2.08. The third kappa shape index (κ3) is 6.75. The molecule has 0 fully saturated rings. The summed E-state index contributed by atoms with van der Waals surface area (Å²) >= 11 is 4.97. The average Bonchev–Trinajstić information content (AvgIpc) is 2.40. The van der Waals surface area contributed by atoms with E-state index in [1.807, 2.05) is 32.0 Å².